The number of benzene rings is 2. The molecule has 0 aliphatic heterocycles. The molecule has 0 aromatic heterocycles. The molecule has 2 aromatic carbocycles. The Morgan fingerprint density at radius 2 is 1.84 bits per heavy atom. The van der Waals surface area contributed by atoms with E-state index >= 15 is 0 Å². The lowest BCUT2D eigenvalue weighted by Gasteiger charge is -2.12. The Balaban J connectivity index is 2.08. The van der Waals surface area contributed by atoms with Gasteiger partial charge in [-0.15, -0.1) is 0 Å². The fourth-order valence-electron chi connectivity index (χ4n) is 1.68. The second kappa shape index (κ2) is 6.10. The van der Waals surface area contributed by atoms with Crippen LogP contribution in [0.3, 0.4) is 0 Å². The van der Waals surface area contributed by atoms with Crippen molar-refractivity contribution in [2.24, 2.45) is 0 Å². The lowest BCUT2D eigenvalue weighted by atomic mass is 10.1. The molecule has 0 N–H and O–H groups in total. The Bertz CT molecular complexity index is 607. The fourth-order valence-corrected chi connectivity index (χ4v) is 1.68. The van der Waals surface area contributed by atoms with Gasteiger partial charge in [0.15, 0.2) is 0 Å². The van der Waals surface area contributed by atoms with Crippen LogP contribution in [-0.4, -0.2) is 0 Å². The molecule has 0 fully saturated rings. The summed E-state index contributed by atoms with van der Waals surface area (Å²) in [6.45, 7) is -0.124. The summed E-state index contributed by atoms with van der Waals surface area (Å²) in [5, 5.41) is 20.8. The summed E-state index contributed by atoms with van der Waals surface area (Å²) < 4.78 is 18.4. The quantitative estimate of drug-likeness (QED) is 0.788. The Hall–Kier alpha value is -2.22. The third-order valence-corrected chi connectivity index (χ3v) is 2.68. The van der Waals surface area contributed by atoms with Gasteiger partial charge < -0.3 is 4.74 Å². The van der Waals surface area contributed by atoms with Crippen LogP contribution >= 0.6 is 0 Å². The molecule has 2 rings (SSSR count). The Labute approximate surface area is 110 Å². The fraction of sp³-hybridized carbons (Fsp3) is 0.133. The zero-order valence-electron chi connectivity index (χ0n) is 10.0. The van der Waals surface area contributed by atoms with E-state index in [2.05, 4.69) is 0 Å². The highest BCUT2D eigenvalue weighted by atomic mass is 19.1. The van der Waals surface area contributed by atoms with Gasteiger partial charge in [-0.1, -0.05) is 36.4 Å². The molecule has 0 aliphatic carbocycles. The van der Waals surface area contributed by atoms with Crippen LogP contribution in [0.15, 0.2) is 48.5 Å². The molecule has 4 heteroatoms. The maximum atomic E-state index is 13.4. The van der Waals surface area contributed by atoms with E-state index in [-0.39, 0.29) is 17.7 Å². The van der Waals surface area contributed by atoms with E-state index in [4.69, 9.17) is 10.00 Å². The van der Waals surface area contributed by atoms with E-state index in [9.17, 15) is 9.50 Å². The number of hydrogen-bond donors (Lipinski definition) is 0. The average molecular weight is 256 g/mol. The smallest absolute Gasteiger partial charge is 0.219 e. The van der Waals surface area contributed by atoms with Crippen molar-refractivity contribution < 1.29 is 14.2 Å². The van der Waals surface area contributed by atoms with Gasteiger partial charge >= 0.3 is 0 Å². The molecule has 1 atom stereocenters. The van der Waals surface area contributed by atoms with Gasteiger partial charge in [0, 0.05) is 11.1 Å². The first-order valence-electron chi connectivity index (χ1n) is 5.72. The third kappa shape index (κ3) is 3.16. The molecule has 0 bridgehead atoms. The summed E-state index contributed by atoms with van der Waals surface area (Å²) in [4.78, 5) is 0. The molecule has 0 heterocycles. The van der Waals surface area contributed by atoms with E-state index in [1.165, 1.54) is 12.1 Å². The first kappa shape index (κ1) is 13.2. The molecule has 0 spiro atoms. The summed E-state index contributed by atoms with van der Waals surface area (Å²) in [7, 11) is 0. The van der Waals surface area contributed by atoms with E-state index in [0.717, 1.165) is 0 Å². The maximum absolute atomic E-state index is 13.4. The lowest BCUT2D eigenvalue weighted by molar-refractivity contribution is -0.152. The maximum Gasteiger partial charge on any atom is 0.219 e. The minimum atomic E-state index is -1.50. The average Bonchev–Trinajstić information content (AvgIpc) is 2.46. The second-order valence-corrected chi connectivity index (χ2v) is 3.93. The van der Waals surface area contributed by atoms with Crippen molar-refractivity contribution in [1.29, 1.82) is 5.26 Å². The molecule has 0 amide bonds. The van der Waals surface area contributed by atoms with Gasteiger partial charge in [-0.3, -0.25) is 0 Å². The molecule has 1 radical (unpaired) electrons. The van der Waals surface area contributed by atoms with Gasteiger partial charge in [-0.2, -0.15) is 10.4 Å². The molecule has 0 saturated carbocycles. The van der Waals surface area contributed by atoms with E-state index < -0.39 is 12.1 Å². The van der Waals surface area contributed by atoms with Crippen LogP contribution in [0.4, 0.5) is 4.39 Å². The molecule has 3 nitrogen and oxygen atoms in total. The third-order valence-electron chi connectivity index (χ3n) is 2.68. The molecule has 95 valence electrons. The highest BCUT2D eigenvalue weighted by Gasteiger charge is 2.14. The predicted octanol–water partition coefficient (Wildman–Crippen LogP) is 3.34. The summed E-state index contributed by atoms with van der Waals surface area (Å²) in [5.74, 6) is -0.414. The van der Waals surface area contributed by atoms with Crippen LogP contribution in [0, 0.1) is 17.1 Å². The van der Waals surface area contributed by atoms with Gasteiger partial charge in [-0.05, 0) is 12.1 Å². The largest absolute Gasteiger partial charge is 0.341 e. The number of nitrogens with zero attached hydrogens (tertiary/aromatic N) is 1. The van der Waals surface area contributed by atoms with Crippen molar-refractivity contribution in [3.05, 3.63) is 71.0 Å². The Morgan fingerprint density at radius 1 is 1.16 bits per heavy atom. The standard InChI is InChI=1S/C15H11FNO2/c16-14-8-4-2-6-12(14)10-19-15(18)13-7-3-1-5-11(13)9-17/h1-8,15H,10H2. The topological polar surface area (TPSA) is 52.9 Å². The van der Waals surface area contributed by atoms with Crippen LogP contribution in [0.2, 0.25) is 0 Å². The van der Waals surface area contributed by atoms with Crippen LogP contribution in [0.1, 0.15) is 23.0 Å². The molecule has 0 aliphatic rings. The van der Waals surface area contributed by atoms with Gasteiger partial charge in [0.2, 0.25) is 6.29 Å². The zero-order valence-corrected chi connectivity index (χ0v) is 10.0. The monoisotopic (exact) mass is 256 g/mol. The van der Waals surface area contributed by atoms with E-state index in [1.54, 1.807) is 36.4 Å². The normalized spacial score (nSPS) is 11.8. The van der Waals surface area contributed by atoms with E-state index in [0.29, 0.717) is 5.56 Å². The molecular weight excluding hydrogens is 245 g/mol. The van der Waals surface area contributed by atoms with Gasteiger partial charge in [0.1, 0.15) is 5.82 Å². The van der Waals surface area contributed by atoms with Crippen molar-refractivity contribution in [2.45, 2.75) is 12.9 Å². The Morgan fingerprint density at radius 3 is 2.58 bits per heavy atom. The predicted molar refractivity (Wildman–Crippen MR) is 65.8 cm³/mol. The SMILES string of the molecule is N#Cc1ccccc1C([O])OCc1ccccc1F. The summed E-state index contributed by atoms with van der Waals surface area (Å²) in [6.07, 6.45) is -1.50. The van der Waals surface area contributed by atoms with Crippen LogP contribution < -0.4 is 0 Å². The number of hydrogen-bond acceptors (Lipinski definition) is 2. The highest BCUT2D eigenvalue weighted by molar-refractivity contribution is 5.37. The zero-order chi connectivity index (χ0) is 13.7. The summed E-state index contributed by atoms with van der Waals surface area (Å²) in [5.41, 5.74) is 0.857. The van der Waals surface area contributed by atoms with Crippen molar-refractivity contribution >= 4 is 0 Å². The highest BCUT2D eigenvalue weighted by Crippen LogP contribution is 2.21. The van der Waals surface area contributed by atoms with Gasteiger partial charge in [0.25, 0.3) is 0 Å². The van der Waals surface area contributed by atoms with Crippen molar-refractivity contribution in [3.8, 4) is 6.07 Å². The Kier molecular flexibility index (Phi) is 4.24. The molecule has 0 saturated heterocycles. The molecule has 1 unspecified atom stereocenters. The first-order valence-corrected chi connectivity index (χ1v) is 5.72. The van der Waals surface area contributed by atoms with Gasteiger partial charge in [-0.25, -0.2) is 4.39 Å². The minimum absolute atomic E-state index is 0.124. The van der Waals surface area contributed by atoms with Crippen LogP contribution in [-0.2, 0) is 16.5 Å². The van der Waals surface area contributed by atoms with Gasteiger partial charge in [0.05, 0.1) is 18.2 Å². The number of halogens is 1. The molecule has 19 heavy (non-hydrogen) atoms. The van der Waals surface area contributed by atoms with E-state index in [1.807, 2.05) is 6.07 Å². The minimum Gasteiger partial charge on any atom is -0.341 e. The second-order valence-electron chi connectivity index (χ2n) is 3.93. The van der Waals surface area contributed by atoms with Crippen LogP contribution in [0.5, 0.6) is 0 Å². The summed E-state index contributed by atoms with van der Waals surface area (Å²) in [6, 6.07) is 14.5. The first-order chi connectivity index (χ1) is 9.22. The number of ether oxygens (including phenoxy) is 1. The van der Waals surface area contributed by atoms with Crippen molar-refractivity contribution in [2.75, 3.05) is 0 Å². The van der Waals surface area contributed by atoms with Crippen molar-refractivity contribution in [1.82, 2.24) is 0 Å². The molecule has 2 aromatic rings. The molecular formula is C15H11FNO2. The van der Waals surface area contributed by atoms with Crippen molar-refractivity contribution in [3.63, 3.8) is 0 Å². The van der Waals surface area contributed by atoms with Crippen LogP contribution in [0.25, 0.3) is 0 Å². The number of rotatable bonds is 4. The summed E-state index contributed by atoms with van der Waals surface area (Å²) >= 11 is 0. The lowest BCUT2D eigenvalue weighted by Crippen LogP contribution is -2.05. The number of nitriles is 1.